The molecule has 1 aromatic rings. The lowest BCUT2D eigenvalue weighted by Crippen LogP contribution is -2.20. The van der Waals surface area contributed by atoms with Gasteiger partial charge in [0.05, 0.1) is 12.8 Å². The number of hydrogen-bond donors (Lipinski definition) is 2. The molecule has 0 radical (unpaired) electrons. The summed E-state index contributed by atoms with van der Waals surface area (Å²) in [6.07, 6.45) is 0. The molecule has 0 spiro atoms. The summed E-state index contributed by atoms with van der Waals surface area (Å²) >= 11 is 0. The van der Waals surface area contributed by atoms with Crippen molar-refractivity contribution in [3.63, 3.8) is 0 Å². The number of nitrogens with one attached hydrogen (secondary N) is 2. The molecule has 1 rings (SSSR count). The number of hydrogen-bond acceptors (Lipinski definition) is 4. The summed E-state index contributed by atoms with van der Waals surface area (Å²) in [6.45, 7) is 1.48. The standard InChI is InChI=1S/C9H11FN4O/c1-6(11)14(13-12)7-3-4-8(10)9(5-7)15-2/h3-5,11-12H,1-2H3. The molecule has 0 amide bonds. The van der Waals surface area contributed by atoms with E-state index in [0.717, 1.165) is 5.01 Å². The van der Waals surface area contributed by atoms with Crippen molar-refractivity contribution >= 4 is 11.5 Å². The van der Waals surface area contributed by atoms with E-state index < -0.39 is 5.82 Å². The maximum Gasteiger partial charge on any atom is 0.165 e. The van der Waals surface area contributed by atoms with Gasteiger partial charge in [0.25, 0.3) is 0 Å². The van der Waals surface area contributed by atoms with Gasteiger partial charge >= 0.3 is 0 Å². The topological polar surface area (TPSA) is 72.5 Å². The van der Waals surface area contributed by atoms with Gasteiger partial charge in [-0.3, -0.25) is 5.41 Å². The van der Waals surface area contributed by atoms with Gasteiger partial charge in [-0.15, -0.1) is 0 Å². The van der Waals surface area contributed by atoms with E-state index >= 15 is 0 Å². The Bertz CT molecular complexity index is 394. The van der Waals surface area contributed by atoms with Gasteiger partial charge in [0, 0.05) is 6.07 Å². The quantitative estimate of drug-likeness (QED) is 0.348. The normalized spacial score (nSPS) is 9.53. The third-order valence-electron chi connectivity index (χ3n) is 1.80. The Morgan fingerprint density at radius 3 is 2.67 bits per heavy atom. The molecule has 1 aromatic carbocycles. The van der Waals surface area contributed by atoms with E-state index in [9.17, 15) is 4.39 Å². The van der Waals surface area contributed by atoms with E-state index in [-0.39, 0.29) is 11.6 Å². The Kier molecular flexibility index (Phi) is 3.33. The number of rotatable bonds is 3. The highest BCUT2D eigenvalue weighted by Crippen LogP contribution is 2.24. The fraction of sp³-hybridized carbons (Fsp3) is 0.222. The molecule has 0 saturated carbocycles. The molecule has 0 unspecified atom stereocenters. The second kappa shape index (κ2) is 4.50. The van der Waals surface area contributed by atoms with Crippen molar-refractivity contribution in [2.75, 3.05) is 12.1 Å². The SMILES string of the molecule is COc1cc(N(N=N)C(C)=N)ccc1F. The highest BCUT2D eigenvalue weighted by molar-refractivity contribution is 5.92. The van der Waals surface area contributed by atoms with Crippen LogP contribution in [0.1, 0.15) is 6.92 Å². The van der Waals surface area contributed by atoms with E-state index in [1.807, 2.05) is 0 Å². The van der Waals surface area contributed by atoms with Crippen LogP contribution in [0.5, 0.6) is 5.75 Å². The number of amidine groups is 1. The summed E-state index contributed by atoms with van der Waals surface area (Å²) in [7, 11) is 1.35. The molecule has 0 atom stereocenters. The van der Waals surface area contributed by atoms with Gasteiger partial charge < -0.3 is 4.74 Å². The predicted octanol–water partition coefficient (Wildman–Crippen LogP) is 2.58. The zero-order chi connectivity index (χ0) is 11.4. The first-order valence-electron chi connectivity index (χ1n) is 4.16. The fourth-order valence-electron chi connectivity index (χ4n) is 1.11. The van der Waals surface area contributed by atoms with Crippen LogP contribution in [-0.2, 0) is 0 Å². The molecule has 0 aliphatic heterocycles. The molecule has 0 saturated heterocycles. The molecule has 0 bridgehead atoms. The average Bonchev–Trinajstić information content (AvgIpc) is 2.21. The fourth-order valence-corrected chi connectivity index (χ4v) is 1.11. The zero-order valence-electron chi connectivity index (χ0n) is 8.41. The molecule has 80 valence electrons. The number of ether oxygens (including phenoxy) is 1. The monoisotopic (exact) mass is 210 g/mol. The lowest BCUT2D eigenvalue weighted by molar-refractivity contribution is 0.386. The maximum absolute atomic E-state index is 13.1. The number of benzene rings is 1. The minimum atomic E-state index is -0.492. The maximum atomic E-state index is 13.1. The summed E-state index contributed by atoms with van der Waals surface area (Å²) in [5, 5.41) is 11.5. The van der Waals surface area contributed by atoms with Crippen LogP contribution in [0.2, 0.25) is 0 Å². The van der Waals surface area contributed by atoms with Gasteiger partial charge in [-0.25, -0.2) is 9.40 Å². The Labute approximate surface area is 86.5 Å². The van der Waals surface area contributed by atoms with Crippen LogP contribution in [0.3, 0.4) is 0 Å². The summed E-state index contributed by atoms with van der Waals surface area (Å²) in [5.74, 6) is -0.366. The molecule has 15 heavy (non-hydrogen) atoms. The summed E-state index contributed by atoms with van der Waals surface area (Å²) in [4.78, 5) is 0. The minimum Gasteiger partial charge on any atom is -0.494 e. The minimum absolute atomic E-state index is 0.0578. The van der Waals surface area contributed by atoms with Gasteiger partial charge in [-0.1, -0.05) is 5.22 Å². The van der Waals surface area contributed by atoms with E-state index in [1.54, 1.807) is 0 Å². The second-order valence-electron chi connectivity index (χ2n) is 2.82. The summed E-state index contributed by atoms with van der Waals surface area (Å²) < 4.78 is 17.8. The average molecular weight is 210 g/mol. The first-order valence-corrected chi connectivity index (χ1v) is 4.16. The van der Waals surface area contributed by atoms with E-state index in [1.165, 1.54) is 32.2 Å². The smallest absolute Gasteiger partial charge is 0.165 e. The van der Waals surface area contributed by atoms with Crippen molar-refractivity contribution in [2.24, 2.45) is 5.22 Å². The van der Waals surface area contributed by atoms with Gasteiger partial charge in [-0.2, -0.15) is 5.53 Å². The number of halogens is 1. The van der Waals surface area contributed by atoms with Crippen molar-refractivity contribution < 1.29 is 9.13 Å². The molecule has 2 N–H and O–H groups in total. The first kappa shape index (κ1) is 11.1. The first-order chi connectivity index (χ1) is 7.10. The Morgan fingerprint density at radius 2 is 2.20 bits per heavy atom. The molecular weight excluding hydrogens is 199 g/mol. The number of nitrogens with zero attached hydrogens (tertiary/aromatic N) is 2. The van der Waals surface area contributed by atoms with Crippen LogP contribution in [0.25, 0.3) is 0 Å². The van der Waals surface area contributed by atoms with Gasteiger partial charge in [-0.05, 0) is 19.1 Å². The van der Waals surface area contributed by atoms with Gasteiger partial charge in [0.2, 0.25) is 0 Å². The van der Waals surface area contributed by atoms with Gasteiger partial charge in [0.1, 0.15) is 5.84 Å². The predicted molar refractivity (Wildman–Crippen MR) is 54.0 cm³/mol. The molecule has 0 aliphatic rings. The third-order valence-corrected chi connectivity index (χ3v) is 1.80. The zero-order valence-corrected chi connectivity index (χ0v) is 8.41. The van der Waals surface area contributed by atoms with Crippen LogP contribution in [0.15, 0.2) is 23.4 Å². The lowest BCUT2D eigenvalue weighted by atomic mass is 10.3. The molecule has 0 aromatic heterocycles. The Hall–Kier alpha value is -1.98. The number of anilines is 1. The lowest BCUT2D eigenvalue weighted by Gasteiger charge is -2.15. The van der Waals surface area contributed by atoms with E-state index in [4.69, 9.17) is 15.7 Å². The van der Waals surface area contributed by atoms with Crippen LogP contribution < -0.4 is 9.75 Å². The van der Waals surface area contributed by atoms with Crippen molar-refractivity contribution in [3.05, 3.63) is 24.0 Å². The highest BCUT2D eigenvalue weighted by atomic mass is 19.1. The summed E-state index contributed by atoms with van der Waals surface area (Å²) in [5.41, 5.74) is 7.30. The Morgan fingerprint density at radius 1 is 1.53 bits per heavy atom. The number of methoxy groups -OCH3 is 1. The van der Waals surface area contributed by atoms with Crippen LogP contribution in [0, 0.1) is 16.8 Å². The van der Waals surface area contributed by atoms with Crippen LogP contribution in [-0.4, -0.2) is 12.9 Å². The van der Waals surface area contributed by atoms with Crippen LogP contribution >= 0.6 is 0 Å². The van der Waals surface area contributed by atoms with E-state index in [0.29, 0.717) is 5.69 Å². The molecule has 5 nitrogen and oxygen atoms in total. The van der Waals surface area contributed by atoms with E-state index in [2.05, 4.69) is 5.22 Å². The highest BCUT2D eigenvalue weighted by Gasteiger charge is 2.10. The Balaban J connectivity index is 3.14. The molecule has 0 heterocycles. The van der Waals surface area contributed by atoms with Crippen molar-refractivity contribution in [1.29, 1.82) is 10.9 Å². The van der Waals surface area contributed by atoms with Crippen molar-refractivity contribution in [1.82, 2.24) is 0 Å². The molecule has 0 fully saturated rings. The molecule has 6 heteroatoms. The van der Waals surface area contributed by atoms with Crippen molar-refractivity contribution in [3.8, 4) is 5.75 Å². The third kappa shape index (κ3) is 2.28. The largest absolute Gasteiger partial charge is 0.494 e. The second-order valence-corrected chi connectivity index (χ2v) is 2.82. The van der Waals surface area contributed by atoms with Gasteiger partial charge in [0.15, 0.2) is 11.6 Å². The van der Waals surface area contributed by atoms with Crippen molar-refractivity contribution in [2.45, 2.75) is 6.92 Å². The molecule has 0 aliphatic carbocycles. The summed E-state index contributed by atoms with van der Waals surface area (Å²) in [6, 6.07) is 4.01. The van der Waals surface area contributed by atoms with Crippen LogP contribution in [0.4, 0.5) is 10.1 Å². The molecular formula is C9H11FN4O.